The van der Waals surface area contributed by atoms with Gasteiger partial charge in [-0.05, 0) is 55.4 Å². The van der Waals surface area contributed by atoms with Gasteiger partial charge in [-0.3, -0.25) is 0 Å². The third-order valence-electron chi connectivity index (χ3n) is 6.53. The van der Waals surface area contributed by atoms with E-state index in [2.05, 4.69) is 31.4 Å². The Morgan fingerprint density at radius 3 is 2.44 bits per heavy atom. The van der Waals surface area contributed by atoms with Gasteiger partial charge in [0.15, 0.2) is 0 Å². The van der Waals surface area contributed by atoms with Crippen LogP contribution >= 0.6 is 12.4 Å². The van der Waals surface area contributed by atoms with Crippen molar-refractivity contribution in [3.63, 3.8) is 0 Å². The molecule has 1 saturated heterocycles. The first-order valence-corrected chi connectivity index (χ1v) is 7.51. The highest BCUT2D eigenvalue weighted by Crippen LogP contribution is 2.65. The summed E-state index contributed by atoms with van der Waals surface area (Å²) in [4.78, 5) is 0. The molecule has 4 atom stereocenters. The fourth-order valence-corrected chi connectivity index (χ4v) is 4.73. The van der Waals surface area contributed by atoms with Crippen LogP contribution in [-0.2, 0) is 0 Å². The molecule has 0 spiro atoms. The second kappa shape index (κ2) is 4.96. The predicted octanol–water partition coefficient (Wildman–Crippen LogP) is 2.96. The standard InChI is InChI=1S/C15H28N2.ClH/c1-14(2)11-6-7-15(14,3)13(9-11)17-12-5-4-8-16-10-12;/h11-13,16-17H,4-10H2,1-3H3;1H. The van der Waals surface area contributed by atoms with E-state index in [1.54, 1.807) is 0 Å². The highest BCUT2D eigenvalue weighted by atomic mass is 35.5. The molecule has 106 valence electrons. The van der Waals surface area contributed by atoms with Crippen LogP contribution in [0.2, 0.25) is 0 Å². The summed E-state index contributed by atoms with van der Waals surface area (Å²) in [5.41, 5.74) is 1.09. The first-order valence-electron chi connectivity index (χ1n) is 7.51. The van der Waals surface area contributed by atoms with E-state index >= 15 is 0 Å². The van der Waals surface area contributed by atoms with Gasteiger partial charge in [-0.1, -0.05) is 20.8 Å². The van der Waals surface area contributed by atoms with E-state index < -0.39 is 0 Å². The third-order valence-corrected chi connectivity index (χ3v) is 6.53. The minimum absolute atomic E-state index is 0. The first kappa shape index (κ1) is 14.6. The van der Waals surface area contributed by atoms with Crippen molar-refractivity contribution in [1.82, 2.24) is 10.6 Å². The Balaban J connectivity index is 0.00000120. The Kier molecular flexibility index (Phi) is 4.02. The van der Waals surface area contributed by atoms with E-state index in [1.165, 1.54) is 45.2 Å². The SMILES string of the molecule is CC1(C)C2CCC1(C)C(NC1CCCNC1)C2.Cl. The van der Waals surface area contributed by atoms with E-state index in [9.17, 15) is 0 Å². The number of fused-ring (bicyclic) bond motifs is 2. The van der Waals surface area contributed by atoms with Crippen LogP contribution in [0, 0.1) is 16.7 Å². The molecule has 0 amide bonds. The van der Waals surface area contributed by atoms with Crippen molar-refractivity contribution < 1.29 is 0 Å². The van der Waals surface area contributed by atoms with Crippen molar-refractivity contribution >= 4 is 12.4 Å². The van der Waals surface area contributed by atoms with Crippen molar-refractivity contribution in [1.29, 1.82) is 0 Å². The molecule has 3 aliphatic rings. The molecule has 3 rings (SSSR count). The third kappa shape index (κ3) is 2.01. The lowest BCUT2D eigenvalue weighted by Crippen LogP contribution is -2.52. The summed E-state index contributed by atoms with van der Waals surface area (Å²) in [6.07, 6.45) is 7.02. The summed E-state index contributed by atoms with van der Waals surface area (Å²) < 4.78 is 0. The van der Waals surface area contributed by atoms with E-state index in [0.717, 1.165) is 18.0 Å². The van der Waals surface area contributed by atoms with Gasteiger partial charge >= 0.3 is 0 Å². The van der Waals surface area contributed by atoms with E-state index in [4.69, 9.17) is 0 Å². The van der Waals surface area contributed by atoms with E-state index in [0.29, 0.717) is 10.8 Å². The lowest BCUT2D eigenvalue weighted by atomic mass is 9.69. The number of nitrogens with one attached hydrogen (secondary N) is 2. The molecule has 0 aromatic carbocycles. The minimum atomic E-state index is 0. The maximum Gasteiger partial charge on any atom is 0.0195 e. The molecule has 3 fully saturated rings. The first-order chi connectivity index (χ1) is 8.04. The zero-order valence-electron chi connectivity index (χ0n) is 12.1. The van der Waals surface area contributed by atoms with Crippen LogP contribution in [0.4, 0.5) is 0 Å². The molecule has 2 bridgehead atoms. The number of halogens is 1. The molecular formula is C15H29ClN2. The fourth-order valence-electron chi connectivity index (χ4n) is 4.73. The molecule has 2 aliphatic carbocycles. The molecule has 2 nitrogen and oxygen atoms in total. The Morgan fingerprint density at radius 1 is 1.17 bits per heavy atom. The topological polar surface area (TPSA) is 24.1 Å². The highest BCUT2D eigenvalue weighted by molar-refractivity contribution is 5.85. The summed E-state index contributed by atoms with van der Waals surface area (Å²) >= 11 is 0. The monoisotopic (exact) mass is 272 g/mol. The van der Waals surface area contributed by atoms with Gasteiger partial charge in [-0.2, -0.15) is 0 Å². The van der Waals surface area contributed by atoms with Gasteiger partial charge in [0.25, 0.3) is 0 Å². The van der Waals surface area contributed by atoms with Gasteiger partial charge in [0.1, 0.15) is 0 Å². The lowest BCUT2D eigenvalue weighted by molar-refractivity contribution is 0.112. The van der Waals surface area contributed by atoms with Gasteiger partial charge in [0, 0.05) is 18.6 Å². The van der Waals surface area contributed by atoms with Gasteiger partial charge in [-0.25, -0.2) is 0 Å². The van der Waals surface area contributed by atoms with Crippen molar-refractivity contribution in [3.8, 4) is 0 Å². The Morgan fingerprint density at radius 2 is 1.94 bits per heavy atom. The molecule has 0 radical (unpaired) electrons. The Hall–Kier alpha value is 0.210. The van der Waals surface area contributed by atoms with Crippen molar-refractivity contribution in [3.05, 3.63) is 0 Å². The second-order valence-corrected chi connectivity index (χ2v) is 7.37. The van der Waals surface area contributed by atoms with Crippen LogP contribution < -0.4 is 10.6 Å². The predicted molar refractivity (Wildman–Crippen MR) is 79.3 cm³/mol. The fraction of sp³-hybridized carbons (Fsp3) is 1.00. The summed E-state index contributed by atoms with van der Waals surface area (Å²) in [5, 5.41) is 7.51. The largest absolute Gasteiger partial charge is 0.315 e. The summed E-state index contributed by atoms with van der Waals surface area (Å²) in [7, 11) is 0. The smallest absolute Gasteiger partial charge is 0.0195 e. The molecule has 4 unspecified atom stereocenters. The van der Waals surface area contributed by atoms with Crippen LogP contribution in [0.25, 0.3) is 0 Å². The average Bonchev–Trinajstić information content (AvgIpc) is 2.63. The van der Waals surface area contributed by atoms with Crippen LogP contribution in [0.3, 0.4) is 0 Å². The van der Waals surface area contributed by atoms with E-state index in [1.807, 2.05) is 0 Å². The Labute approximate surface area is 118 Å². The number of hydrogen-bond acceptors (Lipinski definition) is 2. The minimum Gasteiger partial charge on any atom is -0.315 e. The molecule has 0 aromatic rings. The van der Waals surface area contributed by atoms with Gasteiger partial charge in [0.2, 0.25) is 0 Å². The van der Waals surface area contributed by atoms with Crippen LogP contribution in [-0.4, -0.2) is 25.2 Å². The molecule has 1 heterocycles. The Bertz CT molecular complexity index is 299. The van der Waals surface area contributed by atoms with Crippen molar-refractivity contribution in [2.45, 2.75) is 65.0 Å². The van der Waals surface area contributed by atoms with Crippen molar-refractivity contribution in [2.24, 2.45) is 16.7 Å². The molecule has 18 heavy (non-hydrogen) atoms. The maximum absolute atomic E-state index is 3.98. The summed E-state index contributed by atoms with van der Waals surface area (Å²) in [6, 6.07) is 1.49. The lowest BCUT2D eigenvalue weighted by Gasteiger charge is -2.41. The summed E-state index contributed by atoms with van der Waals surface area (Å²) in [5.74, 6) is 0.960. The van der Waals surface area contributed by atoms with Crippen LogP contribution in [0.5, 0.6) is 0 Å². The molecule has 2 saturated carbocycles. The van der Waals surface area contributed by atoms with E-state index in [-0.39, 0.29) is 12.4 Å². The maximum atomic E-state index is 3.98. The normalized spacial score (nSPS) is 45.8. The quantitative estimate of drug-likeness (QED) is 0.808. The van der Waals surface area contributed by atoms with Gasteiger partial charge in [0.05, 0.1) is 0 Å². The van der Waals surface area contributed by atoms with Gasteiger partial charge in [-0.15, -0.1) is 12.4 Å². The summed E-state index contributed by atoms with van der Waals surface area (Å²) in [6.45, 7) is 9.94. The highest BCUT2D eigenvalue weighted by Gasteiger charge is 2.61. The second-order valence-electron chi connectivity index (χ2n) is 7.37. The zero-order chi connectivity index (χ0) is 12.1. The number of rotatable bonds is 2. The molecule has 2 N–H and O–H groups in total. The number of hydrogen-bond donors (Lipinski definition) is 2. The molecule has 0 aromatic heterocycles. The van der Waals surface area contributed by atoms with Crippen LogP contribution in [0.1, 0.15) is 52.9 Å². The molecule has 3 heteroatoms. The zero-order valence-corrected chi connectivity index (χ0v) is 12.9. The van der Waals surface area contributed by atoms with Gasteiger partial charge < -0.3 is 10.6 Å². The molecular weight excluding hydrogens is 244 g/mol. The van der Waals surface area contributed by atoms with Crippen LogP contribution in [0.15, 0.2) is 0 Å². The molecule has 1 aliphatic heterocycles. The average molecular weight is 273 g/mol. The van der Waals surface area contributed by atoms with Crippen molar-refractivity contribution in [2.75, 3.05) is 13.1 Å². The number of piperidine rings is 1.